The second-order valence-electron chi connectivity index (χ2n) is 8.11. The smallest absolute Gasteiger partial charge is 0.226 e. The van der Waals surface area contributed by atoms with E-state index in [4.69, 9.17) is 12.2 Å². The summed E-state index contributed by atoms with van der Waals surface area (Å²) in [6, 6.07) is 13.8. The van der Waals surface area contributed by atoms with Crippen molar-refractivity contribution >= 4 is 28.9 Å². The van der Waals surface area contributed by atoms with Gasteiger partial charge in [0, 0.05) is 43.3 Å². The molecule has 0 unspecified atom stereocenters. The second kappa shape index (κ2) is 9.48. The van der Waals surface area contributed by atoms with E-state index in [-0.39, 0.29) is 30.2 Å². The SMILES string of the molecule is CC(C)n1ccc([C@H]2[C@H](c3ccccn3)NC(=S)N2CCC(=O)Nc2ccc(F)cc2)c1. The number of hydrogen-bond donors (Lipinski definition) is 2. The molecule has 1 fully saturated rings. The molecule has 0 spiro atoms. The number of nitrogens with one attached hydrogen (secondary N) is 2. The van der Waals surface area contributed by atoms with Crippen LogP contribution in [0.3, 0.4) is 0 Å². The Bertz CT molecular complexity index is 1080. The van der Waals surface area contributed by atoms with E-state index in [2.05, 4.69) is 57.4 Å². The number of carbonyl (C=O) groups excluding carboxylic acids is 1. The second-order valence-corrected chi connectivity index (χ2v) is 8.50. The van der Waals surface area contributed by atoms with Gasteiger partial charge in [0.25, 0.3) is 0 Å². The fourth-order valence-electron chi connectivity index (χ4n) is 3.91. The van der Waals surface area contributed by atoms with Gasteiger partial charge in [-0.3, -0.25) is 9.78 Å². The van der Waals surface area contributed by atoms with Crippen molar-refractivity contribution in [3.63, 3.8) is 0 Å². The molecule has 0 bridgehead atoms. The minimum absolute atomic E-state index is 0.0870. The third-order valence-corrected chi connectivity index (χ3v) is 5.93. The minimum atomic E-state index is -0.340. The molecule has 1 aliphatic rings. The Morgan fingerprint density at radius 1 is 1.22 bits per heavy atom. The lowest BCUT2D eigenvalue weighted by atomic mass is 9.99. The van der Waals surface area contributed by atoms with Gasteiger partial charge in [0.15, 0.2) is 5.11 Å². The summed E-state index contributed by atoms with van der Waals surface area (Å²) in [5.74, 6) is -0.493. The van der Waals surface area contributed by atoms with Crippen molar-refractivity contribution in [2.24, 2.45) is 0 Å². The number of anilines is 1. The molecule has 1 amide bonds. The van der Waals surface area contributed by atoms with Crippen LogP contribution < -0.4 is 10.6 Å². The zero-order chi connectivity index (χ0) is 22.7. The number of thiocarbonyl (C=S) groups is 1. The molecule has 166 valence electrons. The van der Waals surface area contributed by atoms with E-state index in [0.717, 1.165) is 11.3 Å². The minimum Gasteiger partial charge on any atom is -0.352 e. The predicted octanol–water partition coefficient (Wildman–Crippen LogP) is 4.60. The summed E-state index contributed by atoms with van der Waals surface area (Å²) in [4.78, 5) is 19.1. The highest BCUT2D eigenvalue weighted by atomic mass is 32.1. The van der Waals surface area contributed by atoms with Gasteiger partial charge in [-0.2, -0.15) is 0 Å². The van der Waals surface area contributed by atoms with Crippen LogP contribution in [0, 0.1) is 5.82 Å². The highest BCUT2D eigenvalue weighted by molar-refractivity contribution is 7.80. The summed E-state index contributed by atoms with van der Waals surface area (Å²) in [5, 5.41) is 6.81. The lowest BCUT2D eigenvalue weighted by Gasteiger charge is -2.27. The maximum absolute atomic E-state index is 13.1. The molecular formula is C24H26FN5OS. The zero-order valence-electron chi connectivity index (χ0n) is 18.0. The highest BCUT2D eigenvalue weighted by Gasteiger charge is 2.40. The normalized spacial score (nSPS) is 18.1. The Labute approximate surface area is 192 Å². The van der Waals surface area contributed by atoms with Crippen LogP contribution in [0.1, 0.15) is 49.7 Å². The predicted molar refractivity (Wildman–Crippen MR) is 127 cm³/mol. The van der Waals surface area contributed by atoms with Gasteiger partial charge in [0.1, 0.15) is 5.82 Å². The Kier molecular flexibility index (Phi) is 6.50. The summed E-state index contributed by atoms with van der Waals surface area (Å²) in [7, 11) is 0. The first kappa shape index (κ1) is 22.0. The molecule has 0 aliphatic carbocycles. The maximum atomic E-state index is 13.1. The number of hydrogen-bond acceptors (Lipinski definition) is 3. The fourth-order valence-corrected chi connectivity index (χ4v) is 4.25. The largest absolute Gasteiger partial charge is 0.352 e. The number of aromatic nitrogens is 2. The molecule has 3 heterocycles. The molecule has 8 heteroatoms. The first-order chi connectivity index (χ1) is 15.4. The molecule has 1 aromatic carbocycles. The van der Waals surface area contributed by atoms with E-state index in [1.807, 2.05) is 18.2 Å². The van der Waals surface area contributed by atoms with E-state index in [0.29, 0.717) is 23.4 Å². The first-order valence-corrected chi connectivity index (χ1v) is 11.0. The van der Waals surface area contributed by atoms with Gasteiger partial charge in [-0.15, -0.1) is 0 Å². The van der Waals surface area contributed by atoms with Crippen LogP contribution in [0.2, 0.25) is 0 Å². The van der Waals surface area contributed by atoms with Gasteiger partial charge in [-0.25, -0.2) is 4.39 Å². The first-order valence-electron chi connectivity index (χ1n) is 10.6. The fraction of sp³-hybridized carbons (Fsp3) is 0.292. The van der Waals surface area contributed by atoms with Crippen molar-refractivity contribution in [1.82, 2.24) is 19.8 Å². The van der Waals surface area contributed by atoms with Gasteiger partial charge in [0.05, 0.1) is 17.8 Å². The molecule has 6 nitrogen and oxygen atoms in total. The number of pyridine rings is 1. The van der Waals surface area contributed by atoms with E-state index < -0.39 is 0 Å². The lowest BCUT2D eigenvalue weighted by Crippen LogP contribution is -2.32. The molecule has 0 saturated carbocycles. The zero-order valence-corrected chi connectivity index (χ0v) is 18.8. The van der Waals surface area contributed by atoms with Gasteiger partial charge in [-0.1, -0.05) is 6.07 Å². The monoisotopic (exact) mass is 451 g/mol. The standard InChI is InChI=1S/C24H26FN5OS/c1-16(2)29-13-10-17(15-29)23-22(20-5-3-4-12-26-20)28-24(32)30(23)14-11-21(31)27-19-8-6-18(25)7-9-19/h3-10,12-13,15-16,22-23H,11,14H2,1-2H3,(H,27,31)(H,28,32)/t22-,23-/m0/s1. The van der Waals surface area contributed by atoms with E-state index in [1.54, 1.807) is 18.3 Å². The van der Waals surface area contributed by atoms with Gasteiger partial charge in [0.2, 0.25) is 5.91 Å². The van der Waals surface area contributed by atoms with Crippen LogP contribution >= 0.6 is 12.2 Å². The van der Waals surface area contributed by atoms with Crippen molar-refractivity contribution in [2.45, 2.75) is 38.4 Å². The molecule has 3 aromatic rings. The molecule has 4 rings (SSSR count). The van der Waals surface area contributed by atoms with Crippen molar-refractivity contribution in [2.75, 3.05) is 11.9 Å². The number of nitrogens with zero attached hydrogens (tertiary/aromatic N) is 3. The third-order valence-electron chi connectivity index (χ3n) is 5.58. The molecular weight excluding hydrogens is 425 g/mol. The molecule has 2 aromatic heterocycles. The Balaban J connectivity index is 1.53. The van der Waals surface area contributed by atoms with Gasteiger partial charge < -0.3 is 20.1 Å². The number of halogens is 1. The molecule has 1 aliphatic heterocycles. The van der Waals surface area contributed by atoms with Crippen LogP contribution in [0.5, 0.6) is 0 Å². The molecule has 1 saturated heterocycles. The third kappa shape index (κ3) is 4.80. The summed E-state index contributed by atoms with van der Waals surface area (Å²) in [5.41, 5.74) is 2.58. The van der Waals surface area contributed by atoms with Gasteiger partial charge in [-0.05, 0) is 74.1 Å². The van der Waals surface area contributed by atoms with E-state index in [9.17, 15) is 9.18 Å². The molecule has 32 heavy (non-hydrogen) atoms. The average molecular weight is 452 g/mol. The molecule has 0 radical (unpaired) electrons. The van der Waals surface area contributed by atoms with Crippen LogP contribution in [-0.2, 0) is 4.79 Å². The Morgan fingerprint density at radius 2 is 2.00 bits per heavy atom. The van der Waals surface area contributed by atoms with Crippen LogP contribution in [0.4, 0.5) is 10.1 Å². The van der Waals surface area contributed by atoms with Crippen LogP contribution in [0.25, 0.3) is 0 Å². The van der Waals surface area contributed by atoms with Crippen molar-refractivity contribution in [3.8, 4) is 0 Å². The van der Waals surface area contributed by atoms with Gasteiger partial charge >= 0.3 is 0 Å². The summed E-state index contributed by atoms with van der Waals surface area (Å²) in [6.45, 7) is 4.71. The van der Waals surface area contributed by atoms with E-state index in [1.165, 1.54) is 12.1 Å². The average Bonchev–Trinajstić information content (AvgIpc) is 3.39. The van der Waals surface area contributed by atoms with Crippen LogP contribution in [0.15, 0.2) is 67.1 Å². The quantitative estimate of drug-likeness (QED) is 0.514. The van der Waals surface area contributed by atoms with Crippen molar-refractivity contribution < 1.29 is 9.18 Å². The molecule has 2 atom stereocenters. The number of benzene rings is 1. The van der Waals surface area contributed by atoms with Crippen LogP contribution in [-0.4, -0.2) is 32.0 Å². The molecule has 2 N–H and O–H groups in total. The number of carbonyl (C=O) groups is 1. The van der Waals surface area contributed by atoms with Crippen molar-refractivity contribution in [3.05, 3.63) is 84.2 Å². The topological polar surface area (TPSA) is 62.2 Å². The maximum Gasteiger partial charge on any atom is 0.226 e. The summed E-state index contributed by atoms with van der Waals surface area (Å²) in [6.07, 6.45) is 6.22. The van der Waals surface area contributed by atoms with Crippen molar-refractivity contribution in [1.29, 1.82) is 0 Å². The lowest BCUT2D eigenvalue weighted by molar-refractivity contribution is -0.116. The Morgan fingerprint density at radius 3 is 2.66 bits per heavy atom. The highest BCUT2D eigenvalue weighted by Crippen LogP contribution is 2.39. The number of rotatable bonds is 7. The number of amides is 1. The van der Waals surface area contributed by atoms with E-state index >= 15 is 0 Å². The summed E-state index contributed by atoms with van der Waals surface area (Å²) < 4.78 is 15.3. The Hall–Kier alpha value is -3.26. The summed E-state index contributed by atoms with van der Waals surface area (Å²) >= 11 is 5.66.